The first-order valence-electron chi connectivity index (χ1n) is 4.51. The number of hydrogen-bond acceptors (Lipinski definition) is 5. The molecule has 0 aromatic carbocycles. The van der Waals surface area contributed by atoms with Crippen molar-refractivity contribution >= 4 is 11.5 Å². The lowest BCUT2D eigenvalue weighted by Gasteiger charge is -2.27. The van der Waals surface area contributed by atoms with Crippen molar-refractivity contribution < 1.29 is 5.11 Å². The average Bonchev–Trinajstić information content (AvgIpc) is 2.71. The molecule has 1 aliphatic heterocycles. The van der Waals surface area contributed by atoms with Crippen molar-refractivity contribution in [3.05, 3.63) is 11.3 Å². The Morgan fingerprint density at radius 2 is 2.54 bits per heavy atom. The number of nitrogens with one attached hydrogen (secondary N) is 1. The standard InChI is InChI=1S/C8H13N3OS/c12-4-6-1-2-7(9-3-6)8-10-5-11-13-8/h5-7,9,12H,1-4H2. The summed E-state index contributed by atoms with van der Waals surface area (Å²) in [5.74, 6) is 0.421. The van der Waals surface area contributed by atoms with E-state index in [1.165, 1.54) is 11.5 Å². The molecule has 2 rings (SSSR count). The van der Waals surface area contributed by atoms with Crippen LogP contribution in [-0.4, -0.2) is 27.6 Å². The van der Waals surface area contributed by atoms with Gasteiger partial charge < -0.3 is 10.4 Å². The van der Waals surface area contributed by atoms with Gasteiger partial charge in [-0.2, -0.15) is 4.37 Å². The molecule has 72 valence electrons. The summed E-state index contributed by atoms with van der Waals surface area (Å²) in [7, 11) is 0. The molecule has 2 unspecified atom stereocenters. The predicted octanol–water partition coefficient (Wildman–Crippen LogP) is 0.571. The molecule has 2 atom stereocenters. The summed E-state index contributed by atoms with van der Waals surface area (Å²) >= 11 is 1.45. The molecule has 0 bridgehead atoms. The van der Waals surface area contributed by atoms with E-state index < -0.39 is 0 Å². The van der Waals surface area contributed by atoms with Gasteiger partial charge in [0.25, 0.3) is 0 Å². The molecule has 5 heteroatoms. The van der Waals surface area contributed by atoms with E-state index in [9.17, 15) is 0 Å². The second-order valence-electron chi connectivity index (χ2n) is 3.37. The van der Waals surface area contributed by atoms with Gasteiger partial charge in [0.05, 0.1) is 6.04 Å². The molecule has 1 aliphatic rings. The number of rotatable bonds is 2. The fourth-order valence-corrected chi connectivity index (χ4v) is 2.24. The van der Waals surface area contributed by atoms with Crippen molar-refractivity contribution in [1.82, 2.24) is 14.7 Å². The van der Waals surface area contributed by atoms with Crippen LogP contribution in [0, 0.1) is 5.92 Å². The molecule has 0 radical (unpaired) electrons. The molecule has 1 aromatic heterocycles. The third kappa shape index (κ3) is 2.04. The van der Waals surface area contributed by atoms with Gasteiger partial charge >= 0.3 is 0 Å². The van der Waals surface area contributed by atoms with Crippen LogP contribution in [0.15, 0.2) is 6.33 Å². The molecule has 1 aromatic rings. The van der Waals surface area contributed by atoms with Crippen molar-refractivity contribution in [3.63, 3.8) is 0 Å². The largest absolute Gasteiger partial charge is 0.396 e. The topological polar surface area (TPSA) is 58.0 Å². The molecule has 0 spiro atoms. The normalized spacial score (nSPS) is 29.0. The highest BCUT2D eigenvalue weighted by atomic mass is 32.1. The maximum absolute atomic E-state index is 8.94. The van der Waals surface area contributed by atoms with E-state index in [2.05, 4.69) is 14.7 Å². The number of aromatic nitrogens is 2. The van der Waals surface area contributed by atoms with Crippen LogP contribution in [0.2, 0.25) is 0 Å². The van der Waals surface area contributed by atoms with E-state index in [-0.39, 0.29) is 6.61 Å². The monoisotopic (exact) mass is 199 g/mol. The van der Waals surface area contributed by atoms with E-state index in [1.807, 2.05) is 0 Å². The summed E-state index contributed by atoms with van der Waals surface area (Å²) in [6.45, 7) is 1.18. The highest BCUT2D eigenvalue weighted by molar-refractivity contribution is 7.05. The number of piperidine rings is 1. The molecule has 0 aliphatic carbocycles. The van der Waals surface area contributed by atoms with Crippen molar-refractivity contribution in [1.29, 1.82) is 0 Å². The Morgan fingerprint density at radius 1 is 1.62 bits per heavy atom. The zero-order chi connectivity index (χ0) is 9.10. The Bertz CT molecular complexity index is 244. The summed E-state index contributed by atoms with van der Waals surface area (Å²) < 4.78 is 3.98. The molecule has 1 fully saturated rings. The average molecular weight is 199 g/mol. The molecule has 2 N–H and O–H groups in total. The number of hydrogen-bond donors (Lipinski definition) is 2. The lowest BCUT2D eigenvalue weighted by Crippen LogP contribution is -2.34. The number of aliphatic hydroxyl groups is 1. The Morgan fingerprint density at radius 3 is 3.08 bits per heavy atom. The van der Waals surface area contributed by atoms with Gasteiger partial charge in [-0.1, -0.05) is 0 Å². The summed E-state index contributed by atoms with van der Waals surface area (Å²) in [6.07, 6.45) is 3.73. The zero-order valence-electron chi connectivity index (χ0n) is 7.31. The van der Waals surface area contributed by atoms with Gasteiger partial charge in [-0.15, -0.1) is 0 Å². The van der Waals surface area contributed by atoms with Gasteiger partial charge in [0.1, 0.15) is 11.3 Å². The van der Waals surface area contributed by atoms with Crippen LogP contribution in [-0.2, 0) is 0 Å². The van der Waals surface area contributed by atoms with Crippen molar-refractivity contribution in [2.45, 2.75) is 18.9 Å². The molecule has 13 heavy (non-hydrogen) atoms. The van der Waals surface area contributed by atoms with Crippen molar-refractivity contribution in [3.8, 4) is 0 Å². The highest BCUT2D eigenvalue weighted by Gasteiger charge is 2.22. The van der Waals surface area contributed by atoms with E-state index in [1.54, 1.807) is 6.33 Å². The van der Waals surface area contributed by atoms with E-state index in [0.29, 0.717) is 12.0 Å². The van der Waals surface area contributed by atoms with Gasteiger partial charge in [-0.05, 0) is 30.3 Å². The van der Waals surface area contributed by atoms with Crippen molar-refractivity contribution in [2.75, 3.05) is 13.2 Å². The van der Waals surface area contributed by atoms with Crippen molar-refractivity contribution in [2.24, 2.45) is 5.92 Å². The molecule has 0 saturated carbocycles. The molecule has 1 saturated heterocycles. The van der Waals surface area contributed by atoms with Crippen LogP contribution in [0.3, 0.4) is 0 Å². The maximum atomic E-state index is 8.94. The smallest absolute Gasteiger partial charge is 0.130 e. The van der Waals surface area contributed by atoms with Gasteiger partial charge in [-0.3, -0.25) is 0 Å². The first-order valence-corrected chi connectivity index (χ1v) is 5.28. The summed E-state index contributed by atoms with van der Waals surface area (Å²) in [6, 6.07) is 0.357. The van der Waals surface area contributed by atoms with Gasteiger partial charge in [0.2, 0.25) is 0 Å². The zero-order valence-corrected chi connectivity index (χ0v) is 8.13. The van der Waals surface area contributed by atoms with Gasteiger partial charge in [-0.25, -0.2) is 4.98 Å². The van der Waals surface area contributed by atoms with Crippen LogP contribution in [0.25, 0.3) is 0 Å². The van der Waals surface area contributed by atoms with Crippen LogP contribution >= 0.6 is 11.5 Å². The third-order valence-electron chi connectivity index (χ3n) is 2.45. The Kier molecular flexibility index (Phi) is 2.87. The second kappa shape index (κ2) is 4.13. The Balaban J connectivity index is 1.92. The van der Waals surface area contributed by atoms with Gasteiger partial charge in [0, 0.05) is 13.2 Å². The number of nitrogens with zero attached hydrogens (tertiary/aromatic N) is 2. The van der Waals surface area contributed by atoms with Crippen LogP contribution in [0.5, 0.6) is 0 Å². The summed E-state index contributed by atoms with van der Waals surface area (Å²) in [5, 5.41) is 13.4. The molecular weight excluding hydrogens is 186 g/mol. The molecular formula is C8H13N3OS. The fourth-order valence-electron chi connectivity index (χ4n) is 1.62. The maximum Gasteiger partial charge on any atom is 0.130 e. The van der Waals surface area contributed by atoms with E-state index in [4.69, 9.17) is 5.11 Å². The predicted molar refractivity (Wildman–Crippen MR) is 50.5 cm³/mol. The summed E-state index contributed by atoms with van der Waals surface area (Å²) in [4.78, 5) is 4.17. The lowest BCUT2D eigenvalue weighted by atomic mass is 9.96. The lowest BCUT2D eigenvalue weighted by molar-refractivity contribution is 0.184. The molecule has 2 heterocycles. The fraction of sp³-hybridized carbons (Fsp3) is 0.750. The SMILES string of the molecule is OCC1CCC(c2ncns2)NC1. The van der Waals surface area contributed by atoms with Crippen LogP contribution in [0.1, 0.15) is 23.9 Å². The summed E-state index contributed by atoms with van der Waals surface area (Å²) in [5.41, 5.74) is 0. The number of aliphatic hydroxyl groups excluding tert-OH is 1. The first kappa shape index (κ1) is 9.05. The van der Waals surface area contributed by atoms with E-state index in [0.717, 1.165) is 24.4 Å². The quantitative estimate of drug-likeness (QED) is 0.731. The Hall–Kier alpha value is -0.520. The minimum Gasteiger partial charge on any atom is -0.396 e. The third-order valence-corrected chi connectivity index (χ3v) is 3.23. The molecule has 0 amide bonds. The van der Waals surface area contributed by atoms with E-state index >= 15 is 0 Å². The van der Waals surface area contributed by atoms with Crippen LogP contribution < -0.4 is 5.32 Å². The second-order valence-corrected chi connectivity index (χ2v) is 4.18. The van der Waals surface area contributed by atoms with Gasteiger partial charge in [0.15, 0.2) is 0 Å². The molecule has 4 nitrogen and oxygen atoms in total. The first-order chi connectivity index (χ1) is 6.40. The Labute approximate surface area is 81.2 Å². The highest BCUT2D eigenvalue weighted by Crippen LogP contribution is 2.25. The van der Waals surface area contributed by atoms with Crippen LogP contribution in [0.4, 0.5) is 0 Å². The minimum absolute atomic E-state index is 0.288. The minimum atomic E-state index is 0.288.